The van der Waals surface area contributed by atoms with E-state index in [2.05, 4.69) is 22.0 Å². The average Bonchev–Trinajstić information content (AvgIpc) is 2.61. The molecule has 0 aliphatic heterocycles. The second-order valence-electron chi connectivity index (χ2n) is 5.06. The fraction of sp³-hybridized carbons (Fsp3) is 0.533. The molecule has 0 saturated heterocycles. The normalized spacial score (nSPS) is 16.4. The van der Waals surface area contributed by atoms with Crippen LogP contribution in [-0.4, -0.2) is 18.2 Å². The highest BCUT2D eigenvalue weighted by Gasteiger charge is 2.26. The van der Waals surface area contributed by atoms with Crippen LogP contribution in [0.5, 0.6) is 5.75 Å². The zero-order valence-electron chi connectivity index (χ0n) is 11.3. The van der Waals surface area contributed by atoms with E-state index in [0.29, 0.717) is 5.75 Å². The highest BCUT2D eigenvalue weighted by atomic mass is 79.9. The number of hydrogen-bond acceptors (Lipinski definition) is 2. The molecule has 0 bridgehead atoms. The van der Waals surface area contributed by atoms with E-state index in [-0.39, 0.29) is 0 Å². The van der Waals surface area contributed by atoms with E-state index >= 15 is 0 Å². The molecule has 1 unspecified atom stereocenters. The predicted octanol–water partition coefficient (Wildman–Crippen LogP) is 3.91. The molecule has 19 heavy (non-hydrogen) atoms. The number of ether oxygens (including phenoxy) is 1. The Labute approximate surface area is 122 Å². The van der Waals surface area contributed by atoms with Crippen LogP contribution in [0.2, 0.25) is 0 Å². The molecule has 1 N–H and O–H groups in total. The van der Waals surface area contributed by atoms with Crippen LogP contribution in [0.15, 0.2) is 10.5 Å². The molecular weight excluding hydrogens is 308 g/mol. The van der Waals surface area contributed by atoms with Crippen molar-refractivity contribution in [3.63, 3.8) is 0 Å². The Morgan fingerprint density at radius 3 is 2.68 bits per heavy atom. The molecule has 0 amide bonds. The Kier molecular flexibility index (Phi) is 4.50. The fourth-order valence-corrected chi connectivity index (χ4v) is 3.50. The molecular formula is C15H19BrO3. The van der Waals surface area contributed by atoms with Crippen LogP contribution in [0.4, 0.5) is 0 Å². The van der Waals surface area contributed by atoms with Crippen LogP contribution < -0.4 is 4.74 Å². The smallest absolute Gasteiger partial charge is 0.310 e. The van der Waals surface area contributed by atoms with Gasteiger partial charge in [0.05, 0.1) is 17.5 Å². The summed E-state index contributed by atoms with van der Waals surface area (Å²) in [6.45, 7) is 1.73. The van der Waals surface area contributed by atoms with Gasteiger partial charge in [0.25, 0.3) is 0 Å². The average molecular weight is 327 g/mol. The van der Waals surface area contributed by atoms with Crippen molar-refractivity contribution < 1.29 is 14.6 Å². The Morgan fingerprint density at radius 1 is 1.37 bits per heavy atom. The zero-order valence-corrected chi connectivity index (χ0v) is 12.9. The van der Waals surface area contributed by atoms with E-state index in [1.54, 1.807) is 14.0 Å². The summed E-state index contributed by atoms with van der Waals surface area (Å²) in [5.74, 6) is -0.669. The van der Waals surface area contributed by atoms with E-state index in [9.17, 15) is 9.90 Å². The van der Waals surface area contributed by atoms with Crippen molar-refractivity contribution in [2.24, 2.45) is 0 Å². The van der Waals surface area contributed by atoms with E-state index in [1.165, 1.54) is 24.0 Å². The number of aryl methyl sites for hydroxylation is 1. The van der Waals surface area contributed by atoms with Gasteiger partial charge in [0.1, 0.15) is 5.75 Å². The number of halogens is 1. The van der Waals surface area contributed by atoms with Gasteiger partial charge in [-0.1, -0.05) is 6.42 Å². The monoisotopic (exact) mass is 326 g/mol. The summed E-state index contributed by atoms with van der Waals surface area (Å²) < 4.78 is 6.30. The third-order valence-corrected chi connectivity index (χ3v) is 4.44. The number of hydrogen-bond donors (Lipinski definition) is 1. The van der Waals surface area contributed by atoms with Gasteiger partial charge in [0.2, 0.25) is 0 Å². The topological polar surface area (TPSA) is 46.5 Å². The number of carboxylic acid groups (broad SMARTS) is 1. The van der Waals surface area contributed by atoms with Crippen molar-refractivity contribution in [1.29, 1.82) is 0 Å². The van der Waals surface area contributed by atoms with Gasteiger partial charge >= 0.3 is 5.97 Å². The summed E-state index contributed by atoms with van der Waals surface area (Å²) in [6, 6.07) is 2.09. The summed E-state index contributed by atoms with van der Waals surface area (Å²) >= 11 is 3.51. The van der Waals surface area contributed by atoms with Crippen molar-refractivity contribution in [2.75, 3.05) is 7.11 Å². The number of methoxy groups -OCH3 is 1. The molecule has 0 fully saturated rings. The van der Waals surface area contributed by atoms with Crippen molar-refractivity contribution in [3.8, 4) is 5.75 Å². The summed E-state index contributed by atoms with van der Waals surface area (Å²) in [4.78, 5) is 11.4. The standard InChI is InChI=1S/C15H19BrO3/c1-9(15(17)18)13-11-7-5-3-4-6-10(11)8-12(16)14(13)19-2/h8-9H,3-7H2,1-2H3,(H,17,18). The van der Waals surface area contributed by atoms with Gasteiger partial charge in [-0.2, -0.15) is 0 Å². The molecule has 1 aliphatic carbocycles. The Hall–Kier alpha value is -1.03. The van der Waals surface area contributed by atoms with Crippen molar-refractivity contribution in [2.45, 2.75) is 44.9 Å². The first-order valence-corrected chi connectivity index (χ1v) is 7.46. The summed E-state index contributed by atoms with van der Waals surface area (Å²) in [6.07, 6.45) is 5.47. The zero-order chi connectivity index (χ0) is 14.0. The third-order valence-electron chi connectivity index (χ3n) is 3.86. The van der Waals surface area contributed by atoms with Gasteiger partial charge in [-0.15, -0.1) is 0 Å². The van der Waals surface area contributed by atoms with Crippen molar-refractivity contribution >= 4 is 21.9 Å². The highest BCUT2D eigenvalue weighted by molar-refractivity contribution is 9.10. The molecule has 2 rings (SSSR count). The van der Waals surface area contributed by atoms with Crippen molar-refractivity contribution in [1.82, 2.24) is 0 Å². The minimum Gasteiger partial charge on any atom is -0.495 e. The van der Waals surface area contributed by atoms with Gasteiger partial charge in [0, 0.05) is 5.56 Å². The minimum absolute atomic E-state index is 0.542. The fourth-order valence-electron chi connectivity index (χ4n) is 2.85. The molecule has 0 saturated carbocycles. The first-order valence-electron chi connectivity index (χ1n) is 6.67. The van der Waals surface area contributed by atoms with E-state index in [0.717, 1.165) is 29.3 Å². The molecule has 0 radical (unpaired) electrons. The molecule has 0 heterocycles. The molecule has 1 aliphatic rings. The molecule has 104 valence electrons. The maximum Gasteiger partial charge on any atom is 0.310 e. The van der Waals surface area contributed by atoms with Crippen LogP contribution in [0.1, 0.15) is 48.8 Å². The lowest BCUT2D eigenvalue weighted by Crippen LogP contribution is -2.13. The van der Waals surface area contributed by atoms with Gasteiger partial charge < -0.3 is 9.84 Å². The lowest BCUT2D eigenvalue weighted by atomic mass is 9.89. The quantitative estimate of drug-likeness (QED) is 0.856. The number of benzene rings is 1. The second kappa shape index (κ2) is 5.95. The maximum atomic E-state index is 11.4. The van der Waals surface area contributed by atoms with Gasteiger partial charge in [-0.25, -0.2) is 0 Å². The van der Waals surface area contributed by atoms with Crippen LogP contribution in [0, 0.1) is 0 Å². The summed E-state index contributed by atoms with van der Waals surface area (Å²) in [5.41, 5.74) is 3.31. The first-order chi connectivity index (χ1) is 9.06. The van der Waals surface area contributed by atoms with Gasteiger partial charge in [0.15, 0.2) is 0 Å². The summed E-state index contributed by atoms with van der Waals surface area (Å²) in [5, 5.41) is 9.35. The minimum atomic E-state index is -0.803. The number of fused-ring (bicyclic) bond motifs is 1. The van der Waals surface area contributed by atoms with Crippen LogP contribution in [0.25, 0.3) is 0 Å². The Balaban J connectivity index is 2.65. The molecule has 4 heteroatoms. The van der Waals surface area contributed by atoms with E-state index < -0.39 is 11.9 Å². The third kappa shape index (κ3) is 2.78. The Bertz CT molecular complexity index is 497. The highest BCUT2D eigenvalue weighted by Crippen LogP contribution is 2.40. The van der Waals surface area contributed by atoms with Crippen LogP contribution in [-0.2, 0) is 17.6 Å². The second-order valence-corrected chi connectivity index (χ2v) is 5.92. The van der Waals surface area contributed by atoms with Crippen LogP contribution >= 0.6 is 15.9 Å². The SMILES string of the molecule is COc1c(Br)cc2c(c1C(C)C(=O)O)CCCCC2. The lowest BCUT2D eigenvalue weighted by Gasteiger charge is -2.21. The maximum absolute atomic E-state index is 11.4. The number of carbonyl (C=O) groups is 1. The van der Waals surface area contributed by atoms with Gasteiger partial charge in [-0.3, -0.25) is 4.79 Å². The molecule has 1 atom stereocenters. The number of carboxylic acids is 1. The molecule has 3 nitrogen and oxygen atoms in total. The van der Waals surface area contributed by atoms with Crippen molar-refractivity contribution in [3.05, 3.63) is 27.2 Å². The Morgan fingerprint density at radius 2 is 2.05 bits per heavy atom. The molecule has 1 aromatic carbocycles. The molecule has 0 aromatic heterocycles. The number of rotatable bonds is 3. The molecule has 0 spiro atoms. The van der Waals surface area contributed by atoms with Crippen LogP contribution in [0.3, 0.4) is 0 Å². The van der Waals surface area contributed by atoms with E-state index in [1.807, 2.05) is 0 Å². The molecule has 1 aromatic rings. The first kappa shape index (κ1) is 14.4. The number of aliphatic carboxylic acids is 1. The van der Waals surface area contributed by atoms with Gasteiger partial charge in [-0.05, 0) is 65.7 Å². The predicted molar refractivity (Wildman–Crippen MR) is 78.0 cm³/mol. The van der Waals surface area contributed by atoms with E-state index in [4.69, 9.17) is 4.74 Å². The summed E-state index contributed by atoms with van der Waals surface area (Å²) in [7, 11) is 1.60. The largest absolute Gasteiger partial charge is 0.495 e. The lowest BCUT2D eigenvalue weighted by molar-refractivity contribution is -0.138.